The van der Waals surface area contributed by atoms with E-state index < -0.39 is 0 Å². The number of hydrazine groups is 1. The van der Waals surface area contributed by atoms with Crippen LogP contribution in [0, 0.1) is 11.8 Å². The fourth-order valence-electron chi connectivity index (χ4n) is 1.84. The molecule has 0 heterocycles. The zero-order valence-electron chi connectivity index (χ0n) is 8.64. The molecule has 0 unspecified atom stereocenters. The highest BCUT2D eigenvalue weighted by Crippen LogP contribution is 2.27. The molecule has 0 aromatic rings. The van der Waals surface area contributed by atoms with Crippen LogP contribution in [0.2, 0.25) is 0 Å². The molecule has 0 spiro atoms. The van der Waals surface area contributed by atoms with Gasteiger partial charge in [-0.3, -0.25) is 10.4 Å². The molecule has 1 aliphatic rings. The van der Waals surface area contributed by atoms with E-state index in [1.54, 1.807) is 0 Å². The summed E-state index contributed by atoms with van der Waals surface area (Å²) < 4.78 is 0. The van der Waals surface area contributed by atoms with Crippen LogP contribution in [0.3, 0.4) is 0 Å². The average molecular weight is 170 g/mol. The van der Waals surface area contributed by atoms with Gasteiger partial charge in [-0.25, -0.2) is 0 Å². The van der Waals surface area contributed by atoms with Crippen LogP contribution in [-0.2, 0) is 0 Å². The van der Waals surface area contributed by atoms with Crippen molar-refractivity contribution in [3.05, 3.63) is 0 Å². The van der Waals surface area contributed by atoms with E-state index in [4.69, 9.17) is 0 Å². The Balaban J connectivity index is 2.09. The van der Waals surface area contributed by atoms with E-state index in [1.807, 2.05) is 0 Å². The first-order valence-electron chi connectivity index (χ1n) is 5.09. The molecule has 1 fully saturated rings. The Hall–Kier alpha value is -0.0800. The first-order chi connectivity index (χ1) is 5.68. The van der Waals surface area contributed by atoms with Crippen LogP contribution < -0.4 is 5.43 Å². The van der Waals surface area contributed by atoms with Crippen molar-refractivity contribution < 1.29 is 0 Å². The molecule has 0 saturated heterocycles. The van der Waals surface area contributed by atoms with Crippen LogP contribution in [0.15, 0.2) is 0 Å². The minimum Gasteiger partial charge on any atom is -0.255 e. The second-order valence-corrected chi connectivity index (χ2v) is 4.38. The Morgan fingerprint density at radius 3 is 2.25 bits per heavy atom. The third-order valence-electron chi connectivity index (χ3n) is 2.83. The molecular weight excluding hydrogens is 148 g/mol. The second kappa shape index (κ2) is 4.83. The van der Waals surface area contributed by atoms with Crippen molar-refractivity contribution in [1.82, 2.24) is 10.4 Å². The number of nitrogens with one attached hydrogen (secondary N) is 1. The molecule has 0 bridgehead atoms. The minimum atomic E-state index is 0.920. The van der Waals surface area contributed by atoms with Crippen molar-refractivity contribution in [3.8, 4) is 0 Å². The highest BCUT2D eigenvalue weighted by atomic mass is 15.5. The van der Waals surface area contributed by atoms with Gasteiger partial charge in [0.2, 0.25) is 0 Å². The van der Waals surface area contributed by atoms with Gasteiger partial charge in [0.05, 0.1) is 0 Å². The maximum atomic E-state index is 3.36. The molecule has 12 heavy (non-hydrogen) atoms. The first-order valence-corrected chi connectivity index (χ1v) is 5.09. The summed E-state index contributed by atoms with van der Waals surface area (Å²) in [6.07, 6.45) is 5.70. The van der Waals surface area contributed by atoms with Crippen LogP contribution in [0.1, 0.15) is 32.6 Å². The van der Waals surface area contributed by atoms with E-state index in [2.05, 4.69) is 31.5 Å². The summed E-state index contributed by atoms with van der Waals surface area (Å²) in [4.78, 5) is 0. The fraction of sp³-hybridized carbons (Fsp3) is 1.00. The predicted molar refractivity (Wildman–Crippen MR) is 52.8 cm³/mol. The van der Waals surface area contributed by atoms with E-state index in [0.717, 1.165) is 11.8 Å². The van der Waals surface area contributed by atoms with E-state index in [0.29, 0.717) is 0 Å². The highest BCUT2D eigenvalue weighted by molar-refractivity contribution is 4.70. The van der Waals surface area contributed by atoms with Gasteiger partial charge < -0.3 is 0 Å². The van der Waals surface area contributed by atoms with Gasteiger partial charge in [0.1, 0.15) is 0 Å². The summed E-state index contributed by atoms with van der Waals surface area (Å²) in [5.74, 6) is 1.89. The van der Waals surface area contributed by atoms with Crippen LogP contribution >= 0.6 is 0 Å². The van der Waals surface area contributed by atoms with Crippen molar-refractivity contribution in [2.45, 2.75) is 32.6 Å². The molecule has 1 aliphatic carbocycles. The Morgan fingerprint density at radius 2 is 1.75 bits per heavy atom. The number of nitrogens with zero attached hydrogens (tertiary/aromatic N) is 1. The smallest absolute Gasteiger partial charge is 0.0130 e. The lowest BCUT2D eigenvalue weighted by Gasteiger charge is -2.27. The second-order valence-electron chi connectivity index (χ2n) is 4.38. The quantitative estimate of drug-likeness (QED) is 0.651. The fourth-order valence-corrected chi connectivity index (χ4v) is 1.84. The predicted octanol–water partition coefficient (Wildman–Crippen LogP) is 1.88. The Bertz CT molecular complexity index is 115. The van der Waals surface area contributed by atoms with Gasteiger partial charge in [0.25, 0.3) is 0 Å². The van der Waals surface area contributed by atoms with Crippen molar-refractivity contribution >= 4 is 0 Å². The SMILES string of the molecule is CC1CCC(CNN(C)C)CC1. The largest absolute Gasteiger partial charge is 0.255 e. The van der Waals surface area contributed by atoms with Crippen LogP contribution in [0.4, 0.5) is 0 Å². The normalized spacial score (nSPS) is 31.0. The van der Waals surface area contributed by atoms with Gasteiger partial charge in [0.15, 0.2) is 0 Å². The summed E-state index contributed by atoms with van der Waals surface area (Å²) in [6, 6.07) is 0. The maximum Gasteiger partial charge on any atom is 0.0130 e. The topological polar surface area (TPSA) is 15.3 Å². The molecule has 0 aromatic carbocycles. The highest BCUT2D eigenvalue weighted by Gasteiger charge is 2.17. The van der Waals surface area contributed by atoms with E-state index in [1.165, 1.54) is 32.2 Å². The van der Waals surface area contributed by atoms with Gasteiger partial charge in [-0.1, -0.05) is 19.8 Å². The van der Waals surface area contributed by atoms with Crippen LogP contribution in [0.25, 0.3) is 0 Å². The third kappa shape index (κ3) is 3.55. The van der Waals surface area contributed by atoms with Gasteiger partial charge >= 0.3 is 0 Å². The van der Waals surface area contributed by atoms with Gasteiger partial charge in [-0.15, -0.1) is 0 Å². The summed E-state index contributed by atoms with van der Waals surface area (Å²) in [7, 11) is 4.12. The number of rotatable bonds is 3. The monoisotopic (exact) mass is 170 g/mol. The van der Waals surface area contributed by atoms with Crippen molar-refractivity contribution in [3.63, 3.8) is 0 Å². The Morgan fingerprint density at radius 1 is 1.17 bits per heavy atom. The standard InChI is InChI=1S/C10H22N2/c1-9-4-6-10(7-5-9)8-11-12(2)3/h9-11H,4-8H2,1-3H3. The average Bonchev–Trinajstić information content (AvgIpc) is 2.03. The molecule has 1 saturated carbocycles. The molecule has 0 aromatic heterocycles. The summed E-state index contributed by atoms with van der Waals surface area (Å²) in [6.45, 7) is 3.54. The molecule has 0 radical (unpaired) electrons. The lowest BCUT2D eigenvalue weighted by atomic mass is 9.83. The zero-order chi connectivity index (χ0) is 8.97. The third-order valence-corrected chi connectivity index (χ3v) is 2.83. The molecule has 0 amide bonds. The summed E-state index contributed by atoms with van der Waals surface area (Å²) >= 11 is 0. The first kappa shape index (κ1) is 10.0. The lowest BCUT2D eigenvalue weighted by Crippen LogP contribution is -2.35. The molecule has 0 aliphatic heterocycles. The van der Waals surface area contributed by atoms with Crippen molar-refractivity contribution in [2.75, 3.05) is 20.6 Å². The Kier molecular flexibility index (Phi) is 4.02. The number of hydrogen-bond donors (Lipinski definition) is 1. The van der Waals surface area contributed by atoms with Gasteiger partial charge in [0, 0.05) is 20.6 Å². The Labute approximate surface area is 76.3 Å². The van der Waals surface area contributed by atoms with Crippen LogP contribution in [-0.4, -0.2) is 25.6 Å². The molecule has 0 atom stereocenters. The molecule has 2 heteroatoms. The molecule has 2 nitrogen and oxygen atoms in total. The van der Waals surface area contributed by atoms with Crippen molar-refractivity contribution in [2.24, 2.45) is 11.8 Å². The van der Waals surface area contributed by atoms with E-state index in [9.17, 15) is 0 Å². The van der Waals surface area contributed by atoms with Gasteiger partial charge in [-0.05, 0) is 24.7 Å². The lowest BCUT2D eigenvalue weighted by molar-refractivity contribution is 0.217. The minimum absolute atomic E-state index is 0.920. The van der Waals surface area contributed by atoms with Gasteiger partial charge in [-0.2, -0.15) is 0 Å². The van der Waals surface area contributed by atoms with Crippen LogP contribution in [0.5, 0.6) is 0 Å². The van der Waals surface area contributed by atoms with Crippen molar-refractivity contribution in [1.29, 1.82) is 0 Å². The molecular formula is C10H22N2. The molecule has 1 rings (SSSR count). The maximum absolute atomic E-state index is 3.36. The van der Waals surface area contributed by atoms with E-state index in [-0.39, 0.29) is 0 Å². The summed E-state index contributed by atoms with van der Waals surface area (Å²) in [5.41, 5.74) is 3.36. The summed E-state index contributed by atoms with van der Waals surface area (Å²) in [5, 5.41) is 2.05. The molecule has 1 N–H and O–H groups in total. The molecule has 72 valence electrons. The van der Waals surface area contributed by atoms with E-state index >= 15 is 0 Å². The zero-order valence-corrected chi connectivity index (χ0v) is 8.64. The number of hydrogen-bond acceptors (Lipinski definition) is 2.